The molecule has 2 heterocycles. The Morgan fingerprint density at radius 2 is 2.29 bits per heavy atom. The predicted octanol–water partition coefficient (Wildman–Crippen LogP) is 0.126. The van der Waals surface area contributed by atoms with Crippen LogP contribution in [0.5, 0.6) is 0 Å². The Hall–Kier alpha value is -2.02. The summed E-state index contributed by atoms with van der Waals surface area (Å²) in [6.45, 7) is 0.271. The van der Waals surface area contributed by atoms with Crippen molar-refractivity contribution in [2.75, 3.05) is 11.4 Å². The first kappa shape index (κ1) is 11.5. The number of anilines is 1. The molecule has 1 aromatic heterocycles. The van der Waals surface area contributed by atoms with Crippen LogP contribution >= 0.6 is 0 Å². The fourth-order valence-corrected chi connectivity index (χ4v) is 1.57. The summed E-state index contributed by atoms with van der Waals surface area (Å²) in [7, 11) is 0. The van der Waals surface area contributed by atoms with Crippen molar-refractivity contribution in [2.24, 2.45) is 5.73 Å². The number of pyridine rings is 1. The van der Waals surface area contributed by atoms with E-state index in [9.17, 15) is 14.0 Å². The Kier molecular flexibility index (Phi) is 3.01. The van der Waals surface area contributed by atoms with Crippen molar-refractivity contribution in [3.8, 4) is 0 Å². The normalized spacial score (nSPS) is 16.0. The Morgan fingerprint density at radius 1 is 1.53 bits per heavy atom. The van der Waals surface area contributed by atoms with E-state index in [1.807, 2.05) is 0 Å². The second-order valence-corrected chi connectivity index (χ2v) is 3.59. The molecule has 0 radical (unpaired) electrons. The van der Waals surface area contributed by atoms with Gasteiger partial charge in [0.05, 0.1) is 17.6 Å². The summed E-state index contributed by atoms with van der Waals surface area (Å²) in [4.78, 5) is 27.5. The number of hydrogen-bond donors (Lipinski definition) is 2. The van der Waals surface area contributed by atoms with Gasteiger partial charge in [-0.15, -0.1) is 0 Å². The van der Waals surface area contributed by atoms with Crippen LogP contribution in [0.3, 0.4) is 0 Å². The topological polar surface area (TPSA) is 88.3 Å². The van der Waals surface area contributed by atoms with Crippen LogP contribution in [0.15, 0.2) is 12.3 Å². The van der Waals surface area contributed by atoms with E-state index in [0.29, 0.717) is 5.69 Å². The number of rotatable bonds is 2. The molecule has 0 saturated carbocycles. The maximum absolute atomic E-state index is 13.7. The molecule has 0 unspecified atom stereocenters. The van der Waals surface area contributed by atoms with E-state index in [4.69, 9.17) is 5.73 Å². The van der Waals surface area contributed by atoms with E-state index in [1.54, 1.807) is 0 Å². The maximum Gasteiger partial charge on any atom is 0.328 e. The third-order valence-electron chi connectivity index (χ3n) is 2.44. The number of imide groups is 1. The number of carbonyl (C=O) groups is 2. The predicted molar refractivity (Wildman–Crippen MR) is 57.6 cm³/mol. The van der Waals surface area contributed by atoms with Gasteiger partial charge in [-0.25, -0.2) is 9.18 Å². The number of nitrogens with zero attached hydrogens (tertiary/aromatic N) is 2. The van der Waals surface area contributed by atoms with Gasteiger partial charge in [0.1, 0.15) is 5.82 Å². The zero-order valence-electron chi connectivity index (χ0n) is 8.94. The minimum atomic E-state index is -0.637. The molecule has 1 aromatic rings. The Balaban J connectivity index is 2.28. The van der Waals surface area contributed by atoms with E-state index < -0.39 is 11.8 Å². The molecule has 1 fully saturated rings. The third kappa shape index (κ3) is 2.23. The van der Waals surface area contributed by atoms with E-state index in [1.165, 1.54) is 12.3 Å². The number of amides is 3. The molecular formula is C10H11FN4O2. The molecule has 90 valence electrons. The van der Waals surface area contributed by atoms with Gasteiger partial charge in [-0.2, -0.15) is 0 Å². The molecule has 3 amide bonds. The van der Waals surface area contributed by atoms with E-state index in [2.05, 4.69) is 10.3 Å². The minimum Gasteiger partial charge on any atom is -0.325 e. The number of carbonyl (C=O) groups excluding carboxylic acids is 2. The van der Waals surface area contributed by atoms with Crippen LogP contribution in [0.1, 0.15) is 12.1 Å². The fraction of sp³-hybridized carbons (Fsp3) is 0.300. The second kappa shape index (κ2) is 4.46. The van der Waals surface area contributed by atoms with E-state index in [-0.39, 0.29) is 31.1 Å². The third-order valence-corrected chi connectivity index (χ3v) is 2.44. The van der Waals surface area contributed by atoms with Crippen LogP contribution in [0.25, 0.3) is 0 Å². The van der Waals surface area contributed by atoms with E-state index >= 15 is 0 Å². The quantitative estimate of drug-likeness (QED) is 0.766. The second-order valence-electron chi connectivity index (χ2n) is 3.59. The van der Waals surface area contributed by atoms with Crippen LogP contribution < -0.4 is 16.0 Å². The first-order valence-corrected chi connectivity index (χ1v) is 5.07. The SMILES string of the molecule is NCc1cc(F)c(N2CCC(=O)NC2=O)cn1. The van der Waals surface area contributed by atoms with Gasteiger partial charge in [0, 0.05) is 19.5 Å². The van der Waals surface area contributed by atoms with Crippen LogP contribution in [0.2, 0.25) is 0 Å². The summed E-state index contributed by atoms with van der Waals surface area (Å²) in [6.07, 6.45) is 1.39. The summed E-state index contributed by atoms with van der Waals surface area (Å²) in [5.41, 5.74) is 5.78. The lowest BCUT2D eigenvalue weighted by molar-refractivity contribution is -0.120. The lowest BCUT2D eigenvalue weighted by atomic mass is 10.2. The minimum absolute atomic E-state index is 0.0483. The lowest BCUT2D eigenvalue weighted by Gasteiger charge is -2.26. The largest absolute Gasteiger partial charge is 0.328 e. The molecule has 0 bridgehead atoms. The average molecular weight is 238 g/mol. The molecule has 0 spiro atoms. The zero-order valence-corrected chi connectivity index (χ0v) is 8.94. The molecule has 1 aliphatic heterocycles. The molecule has 1 saturated heterocycles. The molecule has 3 N–H and O–H groups in total. The molecule has 17 heavy (non-hydrogen) atoms. The summed E-state index contributed by atoms with van der Waals surface area (Å²) in [5.74, 6) is -0.942. The molecule has 2 rings (SSSR count). The van der Waals surface area contributed by atoms with Crippen molar-refractivity contribution in [3.63, 3.8) is 0 Å². The highest BCUT2D eigenvalue weighted by molar-refractivity contribution is 6.05. The molecular weight excluding hydrogens is 227 g/mol. The van der Waals surface area contributed by atoms with Crippen molar-refractivity contribution in [3.05, 3.63) is 23.8 Å². The molecule has 7 heteroatoms. The molecule has 6 nitrogen and oxygen atoms in total. The smallest absolute Gasteiger partial charge is 0.325 e. The van der Waals surface area contributed by atoms with E-state index in [0.717, 1.165) is 4.90 Å². The van der Waals surface area contributed by atoms with Crippen molar-refractivity contribution in [2.45, 2.75) is 13.0 Å². The van der Waals surface area contributed by atoms with Gasteiger partial charge in [-0.1, -0.05) is 0 Å². The number of urea groups is 1. The summed E-state index contributed by atoms with van der Waals surface area (Å²) in [5, 5.41) is 2.11. The van der Waals surface area contributed by atoms with Gasteiger partial charge in [-0.3, -0.25) is 20.0 Å². The fourth-order valence-electron chi connectivity index (χ4n) is 1.57. The monoisotopic (exact) mass is 238 g/mol. The molecule has 0 aromatic carbocycles. The highest BCUT2D eigenvalue weighted by Gasteiger charge is 2.26. The Labute approximate surface area is 96.6 Å². The first-order chi connectivity index (χ1) is 8.11. The summed E-state index contributed by atoms with van der Waals surface area (Å²) < 4.78 is 13.7. The number of nitrogens with one attached hydrogen (secondary N) is 1. The zero-order chi connectivity index (χ0) is 12.4. The van der Waals surface area contributed by atoms with Crippen molar-refractivity contribution < 1.29 is 14.0 Å². The highest BCUT2D eigenvalue weighted by Crippen LogP contribution is 2.20. The Morgan fingerprint density at radius 3 is 2.88 bits per heavy atom. The summed E-state index contributed by atoms with van der Waals surface area (Å²) in [6, 6.07) is 0.543. The standard InChI is InChI=1S/C10H11FN4O2/c11-7-3-6(4-12)13-5-8(7)15-2-1-9(16)14-10(15)17/h3,5H,1-2,4,12H2,(H,14,16,17). The highest BCUT2D eigenvalue weighted by atomic mass is 19.1. The van der Waals surface area contributed by atoms with Gasteiger partial charge < -0.3 is 5.73 Å². The number of nitrogens with two attached hydrogens (primary N) is 1. The number of hydrogen-bond acceptors (Lipinski definition) is 4. The first-order valence-electron chi connectivity index (χ1n) is 5.07. The summed E-state index contributed by atoms with van der Waals surface area (Å²) >= 11 is 0. The van der Waals surface area contributed by atoms with Crippen LogP contribution in [0, 0.1) is 5.82 Å². The van der Waals surface area contributed by atoms with Gasteiger partial charge in [0.15, 0.2) is 0 Å². The van der Waals surface area contributed by atoms with Gasteiger partial charge in [-0.05, 0) is 6.07 Å². The van der Waals surface area contributed by atoms with Gasteiger partial charge in [0.2, 0.25) is 5.91 Å². The van der Waals surface area contributed by atoms with Crippen LogP contribution in [-0.4, -0.2) is 23.5 Å². The van der Waals surface area contributed by atoms with Crippen molar-refractivity contribution in [1.29, 1.82) is 0 Å². The van der Waals surface area contributed by atoms with Gasteiger partial charge in [0.25, 0.3) is 0 Å². The van der Waals surface area contributed by atoms with Gasteiger partial charge >= 0.3 is 6.03 Å². The average Bonchev–Trinajstić information content (AvgIpc) is 2.30. The lowest BCUT2D eigenvalue weighted by Crippen LogP contribution is -2.50. The molecule has 1 aliphatic rings. The number of aromatic nitrogens is 1. The van der Waals surface area contributed by atoms with Crippen LogP contribution in [0.4, 0.5) is 14.9 Å². The van der Waals surface area contributed by atoms with Crippen molar-refractivity contribution >= 4 is 17.6 Å². The maximum atomic E-state index is 13.7. The Bertz CT molecular complexity index is 477. The van der Waals surface area contributed by atoms with Crippen LogP contribution in [-0.2, 0) is 11.3 Å². The van der Waals surface area contributed by atoms with Crippen molar-refractivity contribution in [1.82, 2.24) is 10.3 Å². The molecule has 0 aliphatic carbocycles. The molecule has 0 atom stereocenters. The number of halogens is 1.